The zero-order chi connectivity index (χ0) is 9.30. The first-order valence-electron chi connectivity index (χ1n) is 2.87. The van der Waals surface area contributed by atoms with Crippen molar-refractivity contribution in [1.29, 1.82) is 0 Å². The summed E-state index contributed by atoms with van der Waals surface area (Å²) in [4.78, 5) is 0. The van der Waals surface area contributed by atoms with Crippen molar-refractivity contribution in [2.24, 2.45) is 0 Å². The first-order chi connectivity index (χ1) is 5.59. The molecule has 0 N–H and O–H groups in total. The van der Waals surface area contributed by atoms with Crippen LogP contribution in [0.15, 0.2) is 20.1 Å². The number of allylic oxidation sites excluding steroid dienone is 2. The van der Waals surface area contributed by atoms with Crippen LogP contribution < -0.4 is 0 Å². The van der Waals surface area contributed by atoms with Gasteiger partial charge in [-0.1, -0.05) is 58.0 Å². The standard InChI is InChI=1S/C6H3Cl5O/c7-1-12-6-4(10)2(8)3(9)5(6)11/h6H,1H2. The Morgan fingerprint density at radius 3 is 1.75 bits per heavy atom. The van der Waals surface area contributed by atoms with Gasteiger partial charge in [0.1, 0.15) is 12.2 Å². The molecule has 0 radical (unpaired) electrons. The Balaban J connectivity index is 2.91. The van der Waals surface area contributed by atoms with Crippen LogP contribution in [-0.4, -0.2) is 12.2 Å². The van der Waals surface area contributed by atoms with Crippen molar-refractivity contribution in [3.8, 4) is 0 Å². The average Bonchev–Trinajstić information content (AvgIpc) is 2.23. The van der Waals surface area contributed by atoms with Gasteiger partial charge in [-0.05, 0) is 0 Å². The molecular formula is C6H3Cl5O. The second kappa shape index (κ2) is 4.41. The van der Waals surface area contributed by atoms with Crippen LogP contribution in [0.1, 0.15) is 0 Å². The van der Waals surface area contributed by atoms with Crippen LogP contribution in [0.4, 0.5) is 0 Å². The summed E-state index contributed by atoms with van der Waals surface area (Å²) in [6.45, 7) is 0. The average molecular weight is 268 g/mol. The van der Waals surface area contributed by atoms with E-state index in [1.165, 1.54) is 0 Å². The van der Waals surface area contributed by atoms with E-state index in [4.69, 9.17) is 62.7 Å². The van der Waals surface area contributed by atoms with Crippen LogP contribution in [0.25, 0.3) is 0 Å². The zero-order valence-electron chi connectivity index (χ0n) is 5.58. The predicted octanol–water partition coefficient (Wildman–Crippen LogP) is 3.96. The number of hydrogen-bond donors (Lipinski definition) is 0. The Hall–Kier alpha value is 0.890. The van der Waals surface area contributed by atoms with Gasteiger partial charge >= 0.3 is 0 Å². The van der Waals surface area contributed by atoms with Gasteiger partial charge in [-0.25, -0.2) is 0 Å². The third kappa shape index (κ3) is 1.87. The van der Waals surface area contributed by atoms with Gasteiger partial charge in [0.25, 0.3) is 0 Å². The molecule has 68 valence electrons. The van der Waals surface area contributed by atoms with Gasteiger partial charge in [0.15, 0.2) is 0 Å². The van der Waals surface area contributed by atoms with Crippen molar-refractivity contribution >= 4 is 58.0 Å². The van der Waals surface area contributed by atoms with Crippen molar-refractivity contribution in [2.75, 3.05) is 6.07 Å². The number of alkyl halides is 1. The fourth-order valence-corrected chi connectivity index (χ4v) is 1.97. The number of ether oxygens (including phenoxy) is 1. The number of hydrogen-bond acceptors (Lipinski definition) is 1. The molecule has 0 aliphatic heterocycles. The first kappa shape index (κ1) is 11.0. The molecule has 1 aliphatic rings. The highest BCUT2D eigenvalue weighted by atomic mass is 35.5. The summed E-state index contributed by atoms with van der Waals surface area (Å²) < 4.78 is 4.99. The quantitative estimate of drug-likeness (QED) is 0.689. The molecule has 0 unspecified atom stereocenters. The SMILES string of the molecule is ClCOC1C(Cl)=C(Cl)C(Cl)=C1Cl. The fourth-order valence-electron chi connectivity index (χ4n) is 0.760. The number of halogens is 5. The van der Waals surface area contributed by atoms with Gasteiger partial charge in [-0.3, -0.25) is 0 Å². The summed E-state index contributed by atoms with van der Waals surface area (Å²) >= 11 is 28.2. The van der Waals surface area contributed by atoms with Crippen LogP contribution >= 0.6 is 58.0 Å². The molecule has 0 aromatic rings. The van der Waals surface area contributed by atoms with Crippen molar-refractivity contribution in [1.82, 2.24) is 0 Å². The molecule has 0 amide bonds. The smallest absolute Gasteiger partial charge is 0.133 e. The fraction of sp³-hybridized carbons (Fsp3) is 0.333. The third-order valence-electron chi connectivity index (χ3n) is 1.30. The highest BCUT2D eigenvalue weighted by Gasteiger charge is 2.31. The summed E-state index contributed by atoms with van der Waals surface area (Å²) in [5.74, 6) is 0. The molecule has 0 bridgehead atoms. The molecule has 0 fully saturated rings. The zero-order valence-corrected chi connectivity index (χ0v) is 9.36. The van der Waals surface area contributed by atoms with E-state index in [1.54, 1.807) is 0 Å². The van der Waals surface area contributed by atoms with Gasteiger partial charge in [-0.2, -0.15) is 0 Å². The Morgan fingerprint density at radius 1 is 1.00 bits per heavy atom. The van der Waals surface area contributed by atoms with Gasteiger partial charge < -0.3 is 4.74 Å². The van der Waals surface area contributed by atoms with Crippen LogP contribution in [0.5, 0.6) is 0 Å². The molecule has 0 heterocycles. The summed E-state index contributed by atoms with van der Waals surface area (Å²) in [5.41, 5.74) is 0. The molecule has 6 heteroatoms. The van der Waals surface area contributed by atoms with E-state index in [9.17, 15) is 0 Å². The maximum atomic E-state index is 5.75. The summed E-state index contributed by atoms with van der Waals surface area (Å²) in [7, 11) is 0. The van der Waals surface area contributed by atoms with Crippen molar-refractivity contribution in [3.05, 3.63) is 20.1 Å². The molecule has 1 nitrogen and oxygen atoms in total. The second-order valence-electron chi connectivity index (χ2n) is 1.98. The van der Waals surface area contributed by atoms with Crippen molar-refractivity contribution in [3.63, 3.8) is 0 Å². The Kier molecular flexibility index (Phi) is 4.03. The largest absolute Gasteiger partial charge is 0.351 e. The maximum Gasteiger partial charge on any atom is 0.133 e. The molecule has 0 saturated carbocycles. The van der Waals surface area contributed by atoms with Crippen LogP contribution in [0.2, 0.25) is 0 Å². The molecular weight excluding hydrogens is 265 g/mol. The maximum absolute atomic E-state index is 5.75. The lowest BCUT2D eigenvalue weighted by Gasteiger charge is -2.09. The Morgan fingerprint density at radius 2 is 1.42 bits per heavy atom. The lowest BCUT2D eigenvalue weighted by Crippen LogP contribution is -2.09. The minimum Gasteiger partial charge on any atom is -0.351 e. The topological polar surface area (TPSA) is 9.23 Å². The normalized spacial score (nSPS) is 19.8. The molecule has 0 aromatic carbocycles. The van der Waals surface area contributed by atoms with E-state index in [-0.39, 0.29) is 26.2 Å². The molecule has 0 saturated heterocycles. The number of rotatable bonds is 2. The molecule has 12 heavy (non-hydrogen) atoms. The summed E-state index contributed by atoms with van der Waals surface area (Å²) in [6, 6.07) is -0.0224. The van der Waals surface area contributed by atoms with E-state index < -0.39 is 6.10 Å². The minimum atomic E-state index is -0.606. The monoisotopic (exact) mass is 266 g/mol. The highest BCUT2D eigenvalue weighted by Crippen LogP contribution is 2.42. The van der Waals surface area contributed by atoms with E-state index in [0.29, 0.717) is 0 Å². The lowest BCUT2D eigenvalue weighted by atomic mass is 10.4. The molecule has 0 atom stereocenters. The minimum absolute atomic E-state index is 0.0224. The van der Waals surface area contributed by atoms with Crippen molar-refractivity contribution in [2.45, 2.75) is 6.10 Å². The summed E-state index contributed by atoms with van der Waals surface area (Å²) in [6.07, 6.45) is -0.606. The molecule has 0 aromatic heterocycles. The molecule has 1 rings (SSSR count). The first-order valence-corrected chi connectivity index (χ1v) is 4.92. The van der Waals surface area contributed by atoms with Gasteiger partial charge in [-0.15, -0.1) is 0 Å². The van der Waals surface area contributed by atoms with Crippen LogP contribution in [0, 0.1) is 0 Å². The third-order valence-corrected chi connectivity index (χ3v) is 3.28. The van der Waals surface area contributed by atoms with E-state index >= 15 is 0 Å². The Labute approximate surface area is 94.8 Å². The van der Waals surface area contributed by atoms with Crippen LogP contribution in [-0.2, 0) is 4.74 Å². The predicted molar refractivity (Wildman–Crippen MR) is 53.1 cm³/mol. The van der Waals surface area contributed by atoms with E-state index in [0.717, 1.165) is 0 Å². The second-order valence-corrected chi connectivity index (χ2v) is 3.77. The lowest BCUT2D eigenvalue weighted by molar-refractivity contribution is 0.154. The molecule has 1 aliphatic carbocycles. The van der Waals surface area contributed by atoms with Crippen molar-refractivity contribution < 1.29 is 4.74 Å². The van der Waals surface area contributed by atoms with Crippen LogP contribution in [0.3, 0.4) is 0 Å². The van der Waals surface area contributed by atoms with E-state index in [1.807, 2.05) is 0 Å². The van der Waals surface area contributed by atoms with E-state index in [2.05, 4.69) is 0 Å². The summed E-state index contributed by atoms with van der Waals surface area (Å²) in [5, 5.41) is 0.983. The van der Waals surface area contributed by atoms with Gasteiger partial charge in [0, 0.05) is 0 Å². The molecule has 0 spiro atoms. The highest BCUT2D eigenvalue weighted by molar-refractivity contribution is 6.53. The van der Waals surface area contributed by atoms with Gasteiger partial charge in [0.05, 0.1) is 20.1 Å². The Bertz CT molecular complexity index is 233. The van der Waals surface area contributed by atoms with Gasteiger partial charge in [0.2, 0.25) is 0 Å².